The molecular formula is C12H19ClF2N4O. The predicted molar refractivity (Wildman–Crippen MR) is 74.5 cm³/mol. The molecule has 0 aromatic carbocycles. The van der Waals surface area contributed by atoms with Crippen molar-refractivity contribution < 1.29 is 13.5 Å². The summed E-state index contributed by atoms with van der Waals surface area (Å²) < 4.78 is 30.3. The summed E-state index contributed by atoms with van der Waals surface area (Å²) in [6.07, 6.45) is 0.110. The molecule has 1 aromatic rings. The van der Waals surface area contributed by atoms with Crippen molar-refractivity contribution in [3.05, 3.63) is 18.1 Å². The minimum Gasteiger partial charge on any atom is -0.373 e. The quantitative estimate of drug-likeness (QED) is 0.891. The monoisotopic (exact) mass is 308 g/mol. The molecule has 0 saturated carbocycles. The lowest BCUT2D eigenvalue weighted by atomic mass is 10.1. The molecule has 0 bridgehead atoms. The zero-order valence-electron chi connectivity index (χ0n) is 11.3. The molecule has 5 nitrogen and oxygen atoms in total. The van der Waals surface area contributed by atoms with Gasteiger partial charge in [0.05, 0.1) is 30.6 Å². The molecule has 0 radical (unpaired) electrons. The van der Waals surface area contributed by atoms with Gasteiger partial charge in [-0.3, -0.25) is 0 Å². The number of nitrogens with one attached hydrogen (secondary N) is 2. The van der Waals surface area contributed by atoms with E-state index in [-0.39, 0.29) is 36.4 Å². The molecule has 2 rings (SSSR count). The topological polar surface area (TPSA) is 59.1 Å². The van der Waals surface area contributed by atoms with Gasteiger partial charge in [0.25, 0.3) is 6.43 Å². The van der Waals surface area contributed by atoms with Crippen molar-refractivity contribution in [1.82, 2.24) is 15.3 Å². The van der Waals surface area contributed by atoms with E-state index >= 15 is 0 Å². The SMILES string of the molecule is C[C@@H]1CN[C@H](CNc2cnc(C(F)F)cn2)[C@H](C)O1.Cl. The Hall–Kier alpha value is -1.05. The Morgan fingerprint density at radius 3 is 2.70 bits per heavy atom. The van der Waals surface area contributed by atoms with Crippen molar-refractivity contribution >= 4 is 18.2 Å². The van der Waals surface area contributed by atoms with E-state index in [1.54, 1.807) is 0 Å². The standard InChI is InChI=1S/C12H18F2N4O.ClH/c1-7-3-15-9(8(2)19-7)4-17-11-6-16-10(5-18-11)12(13)14;/h5-9,12,15H,3-4H2,1-2H3,(H,17,18);1H/t7-,8+,9-;/m1./s1. The smallest absolute Gasteiger partial charge is 0.281 e. The molecular weight excluding hydrogens is 290 g/mol. The van der Waals surface area contributed by atoms with Crippen LogP contribution in [-0.4, -0.2) is 41.3 Å². The van der Waals surface area contributed by atoms with E-state index in [4.69, 9.17) is 4.74 Å². The maximum absolute atomic E-state index is 12.3. The third-order valence-electron chi connectivity index (χ3n) is 3.08. The van der Waals surface area contributed by atoms with Crippen molar-refractivity contribution in [2.75, 3.05) is 18.4 Å². The van der Waals surface area contributed by atoms with Crippen molar-refractivity contribution in [2.45, 2.75) is 38.5 Å². The number of morpholine rings is 1. The van der Waals surface area contributed by atoms with E-state index in [1.165, 1.54) is 6.20 Å². The van der Waals surface area contributed by atoms with E-state index in [1.807, 2.05) is 13.8 Å². The highest BCUT2D eigenvalue weighted by Crippen LogP contribution is 2.15. The van der Waals surface area contributed by atoms with Gasteiger partial charge in [0.1, 0.15) is 11.5 Å². The second-order valence-electron chi connectivity index (χ2n) is 4.67. The third kappa shape index (κ3) is 4.50. The molecule has 1 aromatic heterocycles. The average molecular weight is 309 g/mol. The number of rotatable bonds is 4. The predicted octanol–water partition coefficient (Wildman–Crippen LogP) is 2.01. The molecule has 0 amide bonds. The summed E-state index contributed by atoms with van der Waals surface area (Å²) in [7, 11) is 0. The van der Waals surface area contributed by atoms with Crippen molar-refractivity contribution in [3.63, 3.8) is 0 Å². The Morgan fingerprint density at radius 1 is 1.40 bits per heavy atom. The molecule has 2 N–H and O–H groups in total. The lowest BCUT2D eigenvalue weighted by Gasteiger charge is -2.34. The molecule has 0 spiro atoms. The number of nitrogens with zero attached hydrogens (tertiary/aromatic N) is 2. The lowest BCUT2D eigenvalue weighted by Crippen LogP contribution is -2.53. The fraction of sp³-hybridized carbons (Fsp3) is 0.667. The van der Waals surface area contributed by atoms with Crippen molar-refractivity contribution in [3.8, 4) is 0 Å². The van der Waals surface area contributed by atoms with Crippen LogP contribution in [0.2, 0.25) is 0 Å². The van der Waals surface area contributed by atoms with Gasteiger partial charge in [-0.05, 0) is 13.8 Å². The summed E-state index contributed by atoms with van der Waals surface area (Å²) in [5.74, 6) is 0.483. The van der Waals surface area contributed by atoms with Crippen LogP contribution in [0.15, 0.2) is 12.4 Å². The molecule has 114 valence electrons. The number of hydrogen-bond acceptors (Lipinski definition) is 5. The normalized spacial score (nSPS) is 26.1. The summed E-state index contributed by atoms with van der Waals surface area (Å²) in [4.78, 5) is 7.55. The number of hydrogen-bond donors (Lipinski definition) is 2. The van der Waals surface area contributed by atoms with Gasteiger partial charge in [0, 0.05) is 13.1 Å². The van der Waals surface area contributed by atoms with E-state index in [0.717, 1.165) is 12.7 Å². The highest BCUT2D eigenvalue weighted by atomic mass is 35.5. The maximum atomic E-state index is 12.3. The van der Waals surface area contributed by atoms with Gasteiger partial charge in [-0.2, -0.15) is 0 Å². The van der Waals surface area contributed by atoms with Crippen LogP contribution in [0, 0.1) is 0 Å². The zero-order chi connectivity index (χ0) is 13.8. The van der Waals surface area contributed by atoms with Crippen LogP contribution in [0.1, 0.15) is 26.0 Å². The van der Waals surface area contributed by atoms with Crippen molar-refractivity contribution in [1.29, 1.82) is 0 Å². The first-order valence-corrected chi connectivity index (χ1v) is 6.29. The van der Waals surface area contributed by atoms with Gasteiger partial charge in [-0.25, -0.2) is 18.7 Å². The molecule has 2 heterocycles. The Morgan fingerprint density at radius 2 is 2.15 bits per heavy atom. The van der Waals surface area contributed by atoms with Gasteiger partial charge in [-0.15, -0.1) is 12.4 Å². The first-order chi connectivity index (χ1) is 9.06. The molecule has 0 aliphatic carbocycles. The minimum absolute atomic E-state index is 0. The summed E-state index contributed by atoms with van der Waals surface area (Å²) in [6.45, 7) is 5.42. The number of ether oxygens (including phenoxy) is 1. The van der Waals surface area contributed by atoms with Gasteiger partial charge in [0.2, 0.25) is 0 Å². The van der Waals surface area contributed by atoms with Gasteiger partial charge in [0.15, 0.2) is 0 Å². The van der Waals surface area contributed by atoms with Crippen LogP contribution in [0.4, 0.5) is 14.6 Å². The highest BCUT2D eigenvalue weighted by molar-refractivity contribution is 5.85. The molecule has 0 unspecified atom stereocenters. The van der Waals surface area contributed by atoms with Crippen molar-refractivity contribution in [2.24, 2.45) is 0 Å². The van der Waals surface area contributed by atoms with Gasteiger partial charge >= 0.3 is 0 Å². The molecule has 1 fully saturated rings. The lowest BCUT2D eigenvalue weighted by molar-refractivity contribution is -0.0406. The van der Waals surface area contributed by atoms with Gasteiger partial charge < -0.3 is 15.4 Å². The van der Waals surface area contributed by atoms with E-state index < -0.39 is 6.43 Å². The van der Waals surface area contributed by atoms with Crippen LogP contribution in [-0.2, 0) is 4.74 Å². The highest BCUT2D eigenvalue weighted by Gasteiger charge is 2.25. The Bertz CT molecular complexity index is 407. The summed E-state index contributed by atoms with van der Waals surface area (Å²) in [5.41, 5.74) is -0.313. The van der Waals surface area contributed by atoms with Crippen LogP contribution in [0.5, 0.6) is 0 Å². The second-order valence-corrected chi connectivity index (χ2v) is 4.67. The Balaban J connectivity index is 0.00000200. The second kappa shape index (κ2) is 7.66. The summed E-state index contributed by atoms with van der Waals surface area (Å²) in [6, 6.07) is 0.160. The van der Waals surface area contributed by atoms with Gasteiger partial charge in [-0.1, -0.05) is 0 Å². The fourth-order valence-corrected chi connectivity index (χ4v) is 1.99. The molecule has 20 heavy (non-hydrogen) atoms. The number of anilines is 1. The van der Waals surface area contributed by atoms with E-state index in [9.17, 15) is 8.78 Å². The number of alkyl halides is 2. The Labute approximate surface area is 122 Å². The first kappa shape index (κ1) is 17.0. The van der Waals surface area contributed by atoms with Crippen LogP contribution < -0.4 is 10.6 Å². The molecule has 8 heteroatoms. The molecule has 1 aliphatic rings. The molecule has 1 saturated heterocycles. The zero-order valence-corrected chi connectivity index (χ0v) is 12.2. The molecule has 3 atom stereocenters. The van der Waals surface area contributed by atoms with Crippen LogP contribution in [0.25, 0.3) is 0 Å². The Kier molecular flexibility index (Phi) is 6.51. The van der Waals surface area contributed by atoms with E-state index in [2.05, 4.69) is 20.6 Å². The average Bonchev–Trinajstić information content (AvgIpc) is 2.38. The summed E-state index contributed by atoms with van der Waals surface area (Å²) >= 11 is 0. The third-order valence-corrected chi connectivity index (χ3v) is 3.08. The number of aromatic nitrogens is 2. The van der Waals surface area contributed by atoms with E-state index in [0.29, 0.717) is 12.4 Å². The van der Waals surface area contributed by atoms with Crippen LogP contribution >= 0.6 is 12.4 Å². The summed E-state index contributed by atoms with van der Waals surface area (Å²) in [5, 5.41) is 6.43. The largest absolute Gasteiger partial charge is 0.373 e. The fourth-order valence-electron chi connectivity index (χ4n) is 1.99. The van der Waals surface area contributed by atoms with Crippen LogP contribution in [0.3, 0.4) is 0 Å². The number of halogens is 3. The minimum atomic E-state index is -2.59. The molecule has 1 aliphatic heterocycles. The first-order valence-electron chi connectivity index (χ1n) is 6.29. The maximum Gasteiger partial charge on any atom is 0.281 e.